The van der Waals surface area contributed by atoms with Crippen molar-refractivity contribution in [3.05, 3.63) is 77.2 Å². The lowest BCUT2D eigenvalue weighted by atomic mass is 9.93. The number of hydrogen-bond donors (Lipinski definition) is 4. The fraction of sp³-hybridized carbons (Fsp3) is 0.404. The highest BCUT2D eigenvalue weighted by atomic mass is 32.1. The summed E-state index contributed by atoms with van der Waals surface area (Å²) < 4.78 is 18.9. The lowest BCUT2D eigenvalue weighted by Gasteiger charge is -2.33. The first-order chi connectivity index (χ1) is 30.5. The predicted molar refractivity (Wildman–Crippen MR) is 244 cm³/mol. The van der Waals surface area contributed by atoms with Crippen molar-refractivity contribution < 1.29 is 38.2 Å². The summed E-state index contributed by atoms with van der Waals surface area (Å²) in [5.74, 6) is -0.0504. The second-order valence-electron chi connectivity index (χ2n) is 16.5. The Morgan fingerprint density at radius 3 is 2.57 bits per heavy atom. The van der Waals surface area contributed by atoms with Crippen LogP contribution in [0.5, 0.6) is 5.75 Å². The fourth-order valence-electron chi connectivity index (χ4n) is 8.56. The van der Waals surface area contributed by atoms with Crippen molar-refractivity contribution in [2.45, 2.75) is 76.1 Å². The minimum Gasteiger partial charge on any atom is -0.490 e. The SMILES string of the molecule is C[C@@H]1CNc2c(sc3ccc4nc(-c5cccc(OC6CCC(NC(=O)COCCOCCc7ccc(N(C)C8CCC(=O)NC8=O)c(N(C)C=O)c7)CC6)c5)ccc4c23)C(=O)N1. The summed E-state index contributed by atoms with van der Waals surface area (Å²) in [6.45, 7) is 3.61. The van der Waals surface area contributed by atoms with Crippen LogP contribution >= 0.6 is 11.3 Å². The molecule has 1 saturated carbocycles. The van der Waals surface area contributed by atoms with E-state index in [-0.39, 0.29) is 61.5 Å². The number of ether oxygens (including phenoxy) is 3. The summed E-state index contributed by atoms with van der Waals surface area (Å²) in [4.78, 5) is 70.3. The number of pyridine rings is 1. The number of thiophene rings is 1. The highest BCUT2D eigenvalue weighted by Crippen LogP contribution is 2.41. The standard InChI is InChI=1S/C47H53N7O8S/c1-28-25-48-44-43-34-12-13-35(51-36(34)14-17-40(43)63-45(44)47(59)49-28)30-5-4-6-33(24-30)62-32-10-8-31(9-11-32)50-42(57)26-61-22-21-60-20-19-29-7-15-37(39(23-29)53(2)27-55)54(3)38-16-18-41(56)52-46(38)58/h4-7,12-15,17,23-24,27-28,31-32,38,48H,8-11,16,18-22,25-26H2,1-3H3,(H,49,59)(H,50,57)(H,52,56,58)/t28-,31?,32?,38?/m1/s1. The molecule has 4 N–H and O–H groups in total. The molecule has 1 saturated heterocycles. The number of nitrogens with one attached hydrogen (secondary N) is 4. The molecule has 63 heavy (non-hydrogen) atoms. The van der Waals surface area contributed by atoms with Gasteiger partial charge in [0.25, 0.3) is 5.91 Å². The largest absolute Gasteiger partial charge is 0.490 e. The average Bonchev–Trinajstić information content (AvgIpc) is 3.61. The zero-order chi connectivity index (χ0) is 44.0. The first-order valence-corrected chi connectivity index (χ1v) is 22.4. The van der Waals surface area contributed by atoms with Crippen molar-refractivity contribution in [3.63, 3.8) is 0 Å². The van der Waals surface area contributed by atoms with Gasteiger partial charge in [-0.15, -0.1) is 11.3 Å². The summed E-state index contributed by atoms with van der Waals surface area (Å²) >= 11 is 1.50. The molecule has 5 aromatic rings. The molecule has 4 heterocycles. The van der Waals surface area contributed by atoms with Crippen LogP contribution in [0.4, 0.5) is 17.1 Å². The van der Waals surface area contributed by atoms with Gasteiger partial charge in [-0.2, -0.15) is 0 Å². The summed E-state index contributed by atoms with van der Waals surface area (Å²) in [7, 11) is 3.44. The van der Waals surface area contributed by atoms with Crippen LogP contribution in [0.15, 0.2) is 66.7 Å². The minimum atomic E-state index is -0.516. The Hall–Kier alpha value is -6.10. The molecule has 3 aromatic carbocycles. The monoisotopic (exact) mass is 875 g/mol. The molecule has 330 valence electrons. The lowest BCUT2D eigenvalue weighted by Crippen LogP contribution is -2.51. The smallest absolute Gasteiger partial charge is 0.263 e. The fourth-order valence-corrected chi connectivity index (χ4v) is 9.66. The number of likely N-dealkylation sites (N-methyl/N-ethyl adjacent to an activating group) is 1. The van der Waals surface area contributed by atoms with Gasteiger partial charge < -0.3 is 40.0 Å². The van der Waals surface area contributed by atoms with E-state index in [0.717, 1.165) is 74.9 Å². The molecule has 15 nitrogen and oxygen atoms in total. The number of piperidine rings is 1. The second-order valence-corrected chi connectivity index (χ2v) is 17.5. The Morgan fingerprint density at radius 1 is 0.937 bits per heavy atom. The minimum absolute atomic E-state index is 0.0375. The maximum atomic E-state index is 12.9. The van der Waals surface area contributed by atoms with Gasteiger partial charge in [-0.05, 0) is 99.5 Å². The molecule has 8 rings (SSSR count). The van der Waals surface area contributed by atoms with Crippen molar-refractivity contribution in [1.29, 1.82) is 0 Å². The van der Waals surface area contributed by atoms with E-state index in [1.807, 2.05) is 67.6 Å². The molecule has 5 amide bonds. The van der Waals surface area contributed by atoms with E-state index in [9.17, 15) is 24.0 Å². The van der Waals surface area contributed by atoms with E-state index >= 15 is 0 Å². The summed E-state index contributed by atoms with van der Waals surface area (Å²) in [6, 6.07) is 21.5. The number of aromatic nitrogens is 1. The molecule has 0 bridgehead atoms. The number of hydrogen-bond acceptors (Lipinski definition) is 12. The highest BCUT2D eigenvalue weighted by Gasteiger charge is 2.32. The van der Waals surface area contributed by atoms with Crippen LogP contribution in [0.3, 0.4) is 0 Å². The van der Waals surface area contributed by atoms with Gasteiger partial charge in [-0.1, -0.05) is 18.2 Å². The molecule has 2 fully saturated rings. The Labute approximate surface area is 369 Å². The van der Waals surface area contributed by atoms with Crippen LogP contribution in [-0.4, -0.2) is 106 Å². The summed E-state index contributed by atoms with van der Waals surface area (Å²) in [6.07, 6.45) is 5.24. The molecule has 1 aliphatic carbocycles. The van der Waals surface area contributed by atoms with Crippen LogP contribution in [0.25, 0.3) is 32.2 Å². The molecule has 2 aliphatic heterocycles. The van der Waals surface area contributed by atoms with E-state index in [0.29, 0.717) is 55.3 Å². The van der Waals surface area contributed by atoms with E-state index in [1.165, 1.54) is 16.2 Å². The average molecular weight is 876 g/mol. The van der Waals surface area contributed by atoms with Gasteiger partial charge >= 0.3 is 0 Å². The van der Waals surface area contributed by atoms with Crippen LogP contribution in [-0.2, 0) is 35.1 Å². The molecule has 16 heteroatoms. The van der Waals surface area contributed by atoms with Crippen molar-refractivity contribution in [2.75, 3.05) is 62.2 Å². The lowest BCUT2D eigenvalue weighted by molar-refractivity contribution is -0.134. The van der Waals surface area contributed by atoms with Gasteiger partial charge in [0.15, 0.2) is 0 Å². The number of fused-ring (bicyclic) bond motifs is 5. The highest BCUT2D eigenvalue weighted by molar-refractivity contribution is 7.21. The van der Waals surface area contributed by atoms with Crippen LogP contribution < -0.4 is 35.8 Å². The number of imide groups is 1. The number of carbonyl (C=O) groups excluding carboxylic acids is 5. The van der Waals surface area contributed by atoms with Crippen molar-refractivity contribution in [1.82, 2.24) is 20.9 Å². The zero-order valence-corrected chi connectivity index (χ0v) is 36.6. The first-order valence-electron chi connectivity index (χ1n) is 21.5. The normalized spacial score (nSPS) is 20.0. The van der Waals surface area contributed by atoms with Crippen molar-refractivity contribution >= 4 is 79.4 Å². The van der Waals surface area contributed by atoms with E-state index in [2.05, 4.69) is 27.3 Å². The molecule has 0 spiro atoms. The molecule has 1 unspecified atom stereocenters. The summed E-state index contributed by atoms with van der Waals surface area (Å²) in [5.41, 5.74) is 5.84. The predicted octanol–water partition coefficient (Wildman–Crippen LogP) is 5.58. The van der Waals surface area contributed by atoms with Gasteiger partial charge in [0.05, 0.1) is 54.2 Å². The molecule has 2 atom stereocenters. The van der Waals surface area contributed by atoms with Gasteiger partial charge in [0.1, 0.15) is 23.3 Å². The Bertz CT molecular complexity index is 2520. The number of amides is 5. The third kappa shape index (κ3) is 10.1. The number of rotatable bonds is 16. The third-order valence-electron chi connectivity index (χ3n) is 11.9. The van der Waals surface area contributed by atoms with Crippen molar-refractivity contribution in [3.8, 4) is 17.0 Å². The van der Waals surface area contributed by atoms with Gasteiger partial charge in [0.2, 0.25) is 24.1 Å². The van der Waals surface area contributed by atoms with Crippen LogP contribution in [0.2, 0.25) is 0 Å². The van der Waals surface area contributed by atoms with Crippen LogP contribution in [0.1, 0.15) is 60.7 Å². The Morgan fingerprint density at radius 2 is 1.76 bits per heavy atom. The topological polar surface area (TPSA) is 181 Å². The number of benzene rings is 3. The van der Waals surface area contributed by atoms with Crippen molar-refractivity contribution in [2.24, 2.45) is 0 Å². The first kappa shape index (κ1) is 43.5. The third-order valence-corrected chi connectivity index (χ3v) is 13.1. The number of anilines is 3. The number of nitrogens with zero attached hydrogens (tertiary/aromatic N) is 3. The number of carbonyl (C=O) groups is 5. The Kier molecular flexibility index (Phi) is 13.5. The molecule has 3 aliphatic rings. The van der Waals surface area contributed by atoms with Crippen LogP contribution in [0, 0.1) is 0 Å². The zero-order valence-electron chi connectivity index (χ0n) is 35.7. The molecule has 2 aromatic heterocycles. The van der Waals surface area contributed by atoms with Gasteiger partial charge in [0, 0.05) is 60.2 Å². The maximum absolute atomic E-state index is 12.9. The maximum Gasteiger partial charge on any atom is 0.263 e. The van der Waals surface area contributed by atoms with Gasteiger partial charge in [-0.25, -0.2) is 4.98 Å². The Balaban J connectivity index is 0.749. The molecular formula is C47H53N7O8S. The summed E-state index contributed by atoms with van der Waals surface area (Å²) in [5, 5.41) is 14.1. The van der Waals surface area contributed by atoms with Gasteiger partial charge in [-0.3, -0.25) is 29.3 Å². The quantitative estimate of drug-likeness (QED) is 0.0553. The second kappa shape index (κ2) is 19.5. The van der Waals surface area contributed by atoms with E-state index < -0.39 is 6.04 Å². The van der Waals surface area contributed by atoms with E-state index in [4.69, 9.17) is 19.2 Å². The van der Waals surface area contributed by atoms with E-state index in [1.54, 1.807) is 19.0 Å². The molecule has 0 radical (unpaired) electrons. The molecular weight excluding hydrogens is 823 g/mol.